The Kier molecular flexibility index (Phi) is 3.46. The Morgan fingerprint density at radius 3 is 2.17 bits per heavy atom. The molecule has 2 aromatic rings. The number of benzene rings is 2. The summed E-state index contributed by atoms with van der Waals surface area (Å²) < 4.78 is 22.6. The average Bonchev–Trinajstić information content (AvgIpc) is 2.32. The molecule has 2 aromatic carbocycles. The minimum Gasteiger partial charge on any atom is -0.207 e. The van der Waals surface area contributed by atoms with E-state index in [0.717, 1.165) is 11.1 Å². The van der Waals surface area contributed by atoms with Gasteiger partial charge < -0.3 is 0 Å². The van der Waals surface area contributed by atoms with Gasteiger partial charge in [-0.3, -0.25) is 0 Å². The first-order valence-corrected chi connectivity index (χ1v) is 7.81. The van der Waals surface area contributed by atoms with E-state index in [1.165, 1.54) is 17.2 Å². The van der Waals surface area contributed by atoms with Gasteiger partial charge in [-0.25, -0.2) is 8.42 Å². The lowest BCUT2D eigenvalue weighted by molar-refractivity contribution is 0.609. The van der Waals surface area contributed by atoms with E-state index in [9.17, 15) is 8.42 Å². The third kappa shape index (κ3) is 2.74. The van der Waals surface area contributed by atoms with E-state index in [-0.39, 0.29) is 4.90 Å². The molecule has 0 spiro atoms. The molecule has 0 unspecified atom stereocenters. The molecule has 0 heterocycles. The minimum absolute atomic E-state index is 0.125. The fourth-order valence-corrected chi connectivity index (χ4v) is 2.55. The molecule has 0 aliphatic carbocycles. The predicted octanol–water partition coefficient (Wildman–Crippen LogP) is 3.90. The van der Waals surface area contributed by atoms with Gasteiger partial charge in [0.2, 0.25) is 0 Å². The third-order valence-corrected chi connectivity index (χ3v) is 4.31. The molecule has 0 fully saturated rings. The van der Waals surface area contributed by atoms with E-state index in [1.54, 1.807) is 12.1 Å². The molecule has 2 rings (SSSR count). The maximum Gasteiger partial charge on any atom is 0.261 e. The Morgan fingerprint density at radius 1 is 0.889 bits per heavy atom. The van der Waals surface area contributed by atoms with Gasteiger partial charge in [-0.1, -0.05) is 30.3 Å². The van der Waals surface area contributed by atoms with E-state index < -0.39 is 9.05 Å². The van der Waals surface area contributed by atoms with Crippen LogP contribution in [0.15, 0.2) is 47.4 Å². The van der Waals surface area contributed by atoms with E-state index in [4.69, 9.17) is 10.7 Å². The van der Waals surface area contributed by atoms with Crippen molar-refractivity contribution in [2.45, 2.75) is 18.7 Å². The van der Waals surface area contributed by atoms with Crippen LogP contribution in [0.25, 0.3) is 11.1 Å². The van der Waals surface area contributed by atoms with Crippen molar-refractivity contribution >= 4 is 19.7 Å². The maximum atomic E-state index is 11.3. The third-order valence-electron chi connectivity index (χ3n) is 2.96. The van der Waals surface area contributed by atoms with Crippen molar-refractivity contribution in [1.29, 1.82) is 0 Å². The van der Waals surface area contributed by atoms with E-state index in [2.05, 4.69) is 0 Å². The second-order valence-electron chi connectivity index (χ2n) is 4.26. The zero-order valence-electron chi connectivity index (χ0n) is 10.1. The second-order valence-corrected chi connectivity index (χ2v) is 6.83. The van der Waals surface area contributed by atoms with Crippen molar-refractivity contribution in [3.05, 3.63) is 53.6 Å². The summed E-state index contributed by atoms with van der Waals surface area (Å²) in [5, 5.41) is 0. The zero-order chi connectivity index (χ0) is 13.3. The summed E-state index contributed by atoms with van der Waals surface area (Å²) in [4.78, 5) is 0.125. The predicted molar refractivity (Wildman–Crippen MR) is 74.4 cm³/mol. The van der Waals surface area contributed by atoms with Gasteiger partial charge in [0.05, 0.1) is 4.90 Å². The van der Waals surface area contributed by atoms with Crippen molar-refractivity contribution in [1.82, 2.24) is 0 Å². The number of hydrogen-bond donors (Lipinski definition) is 0. The largest absolute Gasteiger partial charge is 0.261 e. The summed E-state index contributed by atoms with van der Waals surface area (Å²) in [6.45, 7) is 4.07. The lowest BCUT2D eigenvalue weighted by Crippen LogP contribution is -1.91. The van der Waals surface area contributed by atoms with E-state index in [0.29, 0.717) is 0 Å². The van der Waals surface area contributed by atoms with E-state index >= 15 is 0 Å². The highest BCUT2D eigenvalue weighted by molar-refractivity contribution is 8.13. The van der Waals surface area contributed by atoms with E-state index in [1.807, 2.05) is 38.1 Å². The van der Waals surface area contributed by atoms with Crippen molar-refractivity contribution < 1.29 is 8.42 Å². The lowest BCUT2D eigenvalue weighted by atomic mass is 10.0. The number of halogens is 1. The van der Waals surface area contributed by atoms with Crippen LogP contribution < -0.4 is 0 Å². The average molecular weight is 281 g/mol. The van der Waals surface area contributed by atoms with Crippen LogP contribution in [0, 0.1) is 13.8 Å². The van der Waals surface area contributed by atoms with Crippen LogP contribution in [0.4, 0.5) is 0 Å². The number of rotatable bonds is 2. The second kappa shape index (κ2) is 4.75. The van der Waals surface area contributed by atoms with Gasteiger partial charge in [0.15, 0.2) is 0 Å². The zero-order valence-corrected chi connectivity index (χ0v) is 11.7. The normalized spacial score (nSPS) is 11.5. The molecule has 2 nitrogen and oxygen atoms in total. The van der Waals surface area contributed by atoms with Crippen molar-refractivity contribution in [3.63, 3.8) is 0 Å². The highest BCUT2D eigenvalue weighted by atomic mass is 35.7. The molecule has 0 bridgehead atoms. The monoisotopic (exact) mass is 280 g/mol. The van der Waals surface area contributed by atoms with Gasteiger partial charge in [0, 0.05) is 10.7 Å². The Bertz CT molecular complexity index is 691. The first-order valence-electron chi connectivity index (χ1n) is 5.50. The Morgan fingerprint density at radius 2 is 1.56 bits per heavy atom. The summed E-state index contributed by atoms with van der Waals surface area (Å²) in [6.07, 6.45) is 0. The van der Waals surface area contributed by atoms with Gasteiger partial charge in [0.1, 0.15) is 0 Å². The molecule has 18 heavy (non-hydrogen) atoms. The van der Waals surface area contributed by atoms with Crippen LogP contribution in [0.5, 0.6) is 0 Å². The molecule has 0 N–H and O–H groups in total. The van der Waals surface area contributed by atoms with Crippen LogP contribution >= 0.6 is 10.7 Å². The molecule has 4 heteroatoms. The molecule has 0 radical (unpaired) electrons. The maximum absolute atomic E-state index is 11.3. The Balaban J connectivity index is 2.55. The molecular formula is C14H13ClO2S. The van der Waals surface area contributed by atoms with Crippen LogP contribution in [0.3, 0.4) is 0 Å². The fraction of sp³-hybridized carbons (Fsp3) is 0.143. The first-order chi connectivity index (χ1) is 8.38. The lowest BCUT2D eigenvalue weighted by Gasteiger charge is -2.06. The smallest absolute Gasteiger partial charge is 0.207 e. The summed E-state index contributed by atoms with van der Waals surface area (Å²) in [5.74, 6) is 0. The Labute approximate surface area is 112 Å². The summed E-state index contributed by atoms with van der Waals surface area (Å²) in [5.41, 5.74) is 4.21. The minimum atomic E-state index is -3.68. The SMILES string of the molecule is Cc1ccc(-c2cccc(S(=O)(=O)Cl)c2)cc1C. The molecule has 0 saturated carbocycles. The number of aryl methyl sites for hydroxylation is 2. The van der Waals surface area contributed by atoms with Gasteiger partial charge in [-0.2, -0.15) is 0 Å². The number of hydrogen-bond acceptors (Lipinski definition) is 2. The molecule has 0 aliphatic heterocycles. The van der Waals surface area contributed by atoms with Crippen LogP contribution in [-0.2, 0) is 9.05 Å². The Hall–Kier alpha value is -1.32. The molecule has 0 amide bonds. The first kappa shape index (κ1) is 13.1. The standard InChI is InChI=1S/C14H13ClO2S/c1-10-6-7-13(8-11(10)2)12-4-3-5-14(9-12)18(15,16)17/h3-9H,1-2H3. The quantitative estimate of drug-likeness (QED) is 0.782. The van der Waals surface area contributed by atoms with Crippen molar-refractivity contribution in [3.8, 4) is 11.1 Å². The summed E-state index contributed by atoms with van der Waals surface area (Å²) in [6, 6.07) is 12.7. The van der Waals surface area contributed by atoms with Crippen LogP contribution in [-0.4, -0.2) is 8.42 Å². The van der Waals surface area contributed by atoms with Gasteiger partial charge in [0.25, 0.3) is 9.05 Å². The van der Waals surface area contributed by atoms with Crippen LogP contribution in [0.1, 0.15) is 11.1 Å². The molecular weight excluding hydrogens is 268 g/mol. The van der Waals surface area contributed by atoms with Crippen LogP contribution in [0.2, 0.25) is 0 Å². The van der Waals surface area contributed by atoms with Crippen molar-refractivity contribution in [2.75, 3.05) is 0 Å². The highest BCUT2D eigenvalue weighted by Gasteiger charge is 2.10. The molecule has 0 aliphatic rings. The fourth-order valence-electron chi connectivity index (χ4n) is 1.75. The van der Waals surface area contributed by atoms with Gasteiger partial charge in [-0.15, -0.1) is 0 Å². The van der Waals surface area contributed by atoms with Gasteiger partial charge >= 0.3 is 0 Å². The molecule has 94 valence electrons. The summed E-state index contributed by atoms with van der Waals surface area (Å²) >= 11 is 0. The summed E-state index contributed by atoms with van der Waals surface area (Å²) in [7, 11) is 1.67. The molecule has 0 aromatic heterocycles. The van der Waals surface area contributed by atoms with Crippen molar-refractivity contribution in [2.24, 2.45) is 0 Å². The highest BCUT2D eigenvalue weighted by Crippen LogP contribution is 2.25. The molecule has 0 atom stereocenters. The topological polar surface area (TPSA) is 34.1 Å². The van der Waals surface area contributed by atoms with Gasteiger partial charge in [-0.05, 0) is 48.2 Å². The molecule has 0 saturated heterocycles.